The number of hydrogen-bond acceptors (Lipinski definition) is 4. The Kier molecular flexibility index (Phi) is 3.88. The van der Waals surface area contributed by atoms with Crippen LogP contribution in [0.3, 0.4) is 0 Å². The molecule has 0 aromatic carbocycles. The molecule has 0 saturated heterocycles. The van der Waals surface area contributed by atoms with Gasteiger partial charge in [-0.25, -0.2) is 9.66 Å². The number of carboxylic acid groups (broad SMARTS) is 1. The van der Waals surface area contributed by atoms with Crippen molar-refractivity contribution in [2.75, 3.05) is 5.43 Å². The van der Waals surface area contributed by atoms with Crippen LogP contribution < -0.4 is 11.0 Å². The summed E-state index contributed by atoms with van der Waals surface area (Å²) in [6, 6.07) is 1.71. The van der Waals surface area contributed by atoms with Gasteiger partial charge in [-0.15, -0.1) is 0 Å². The summed E-state index contributed by atoms with van der Waals surface area (Å²) in [5.41, 5.74) is 4.38. The molecule has 7 nitrogen and oxygen atoms in total. The fraction of sp³-hybridized carbons (Fsp3) is 0.308. The standard InChI is InChI=1S/C13H16N4O3/c1-8-3-4-17(13(20)11(8)5-12(18)19)15-7-10-6-14-9(2)16-10/h3-4,6,15H,5,7H2,1-2H3,(H,14,16)(H,18,19). The normalized spacial score (nSPS) is 10.5. The van der Waals surface area contributed by atoms with Gasteiger partial charge in [0.25, 0.3) is 5.56 Å². The molecule has 7 heteroatoms. The Morgan fingerprint density at radius 2 is 2.25 bits per heavy atom. The Bertz CT molecular complexity index is 687. The zero-order valence-corrected chi connectivity index (χ0v) is 11.3. The molecule has 0 amide bonds. The summed E-state index contributed by atoms with van der Waals surface area (Å²) >= 11 is 0. The molecule has 0 aliphatic carbocycles. The van der Waals surface area contributed by atoms with Crippen molar-refractivity contribution >= 4 is 5.97 Å². The van der Waals surface area contributed by atoms with Crippen LogP contribution in [0, 0.1) is 13.8 Å². The molecular formula is C13H16N4O3. The number of aromatic amines is 1. The van der Waals surface area contributed by atoms with E-state index >= 15 is 0 Å². The van der Waals surface area contributed by atoms with Crippen LogP contribution >= 0.6 is 0 Å². The van der Waals surface area contributed by atoms with E-state index in [1.807, 2.05) is 6.92 Å². The highest BCUT2D eigenvalue weighted by molar-refractivity contribution is 5.70. The quantitative estimate of drug-likeness (QED) is 0.741. The number of rotatable bonds is 5. The van der Waals surface area contributed by atoms with Gasteiger partial charge in [0, 0.05) is 11.8 Å². The zero-order chi connectivity index (χ0) is 14.7. The summed E-state index contributed by atoms with van der Waals surface area (Å²) in [5.74, 6) is -0.225. The van der Waals surface area contributed by atoms with Crippen LogP contribution in [0.2, 0.25) is 0 Å². The molecule has 106 valence electrons. The maximum absolute atomic E-state index is 12.2. The predicted octanol–water partition coefficient (Wildman–Crippen LogP) is 0.559. The Morgan fingerprint density at radius 3 is 2.85 bits per heavy atom. The van der Waals surface area contributed by atoms with E-state index in [0.29, 0.717) is 12.1 Å². The van der Waals surface area contributed by atoms with Gasteiger partial charge in [0.05, 0.1) is 24.9 Å². The van der Waals surface area contributed by atoms with Gasteiger partial charge in [0.1, 0.15) is 5.82 Å². The molecule has 0 unspecified atom stereocenters. The highest BCUT2D eigenvalue weighted by atomic mass is 16.4. The third-order valence-corrected chi connectivity index (χ3v) is 2.95. The SMILES string of the molecule is Cc1ncc(CNn2ccc(C)c(CC(=O)O)c2=O)[nH]1. The lowest BCUT2D eigenvalue weighted by Gasteiger charge is -2.11. The molecule has 2 heterocycles. The van der Waals surface area contributed by atoms with Crippen LogP contribution in [0.1, 0.15) is 22.6 Å². The van der Waals surface area contributed by atoms with Crippen molar-refractivity contribution in [3.63, 3.8) is 0 Å². The number of aromatic nitrogens is 3. The summed E-state index contributed by atoms with van der Waals surface area (Å²) in [6.45, 7) is 3.96. The third-order valence-electron chi connectivity index (χ3n) is 2.95. The second kappa shape index (κ2) is 5.60. The smallest absolute Gasteiger partial charge is 0.308 e. The van der Waals surface area contributed by atoms with E-state index in [-0.39, 0.29) is 17.5 Å². The summed E-state index contributed by atoms with van der Waals surface area (Å²) in [7, 11) is 0. The van der Waals surface area contributed by atoms with Gasteiger partial charge in [-0.1, -0.05) is 0 Å². The summed E-state index contributed by atoms with van der Waals surface area (Å²) in [6.07, 6.45) is 2.99. The highest BCUT2D eigenvalue weighted by Crippen LogP contribution is 2.03. The Labute approximate surface area is 115 Å². The number of imidazole rings is 1. The number of nitrogens with one attached hydrogen (secondary N) is 2. The average Bonchev–Trinajstić information content (AvgIpc) is 2.79. The molecule has 0 fully saturated rings. The van der Waals surface area contributed by atoms with Crippen LogP contribution in [0.4, 0.5) is 0 Å². The van der Waals surface area contributed by atoms with E-state index in [1.165, 1.54) is 4.68 Å². The maximum Gasteiger partial charge on any atom is 0.308 e. The lowest BCUT2D eigenvalue weighted by molar-refractivity contribution is -0.136. The van der Waals surface area contributed by atoms with Crippen molar-refractivity contribution in [1.29, 1.82) is 0 Å². The van der Waals surface area contributed by atoms with E-state index in [9.17, 15) is 9.59 Å². The first kappa shape index (κ1) is 13.9. The van der Waals surface area contributed by atoms with E-state index < -0.39 is 5.97 Å². The number of carbonyl (C=O) groups is 1. The van der Waals surface area contributed by atoms with Crippen molar-refractivity contribution < 1.29 is 9.90 Å². The number of H-pyrrole nitrogens is 1. The Hall–Kier alpha value is -2.57. The Morgan fingerprint density at radius 1 is 1.50 bits per heavy atom. The first-order chi connectivity index (χ1) is 9.47. The fourth-order valence-electron chi connectivity index (χ4n) is 1.89. The van der Waals surface area contributed by atoms with Gasteiger partial charge in [-0.05, 0) is 25.5 Å². The number of aliphatic carboxylic acids is 1. The monoisotopic (exact) mass is 276 g/mol. The van der Waals surface area contributed by atoms with E-state index in [2.05, 4.69) is 15.4 Å². The molecule has 0 saturated carbocycles. The van der Waals surface area contributed by atoms with Gasteiger partial charge in [-0.3, -0.25) is 9.59 Å². The molecule has 0 aliphatic heterocycles. The lowest BCUT2D eigenvalue weighted by atomic mass is 10.1. The van der Waals surface area contributed by atoms with Gasteiger partial charge in [0.2, 0.25) is 0 Å². The molecule has 0 radical (unpaired) electrons. The summed E-state index contributed by atoms with van der Waals surface area (Å²) in [5, 5.41) is 8.84. The molecule has 0 spiro atoms. The summed E-state index contributed by atoms with van der Waals surface area (Å²) < 4.78 is 1.29. The molecule has 2 rings (SSSR count). The van der Waals surface area contributed by atoms with Gasteiger partial charge in [-0.2, -0.15) is 0 Å². The molecule has 0 atom stereocenters. The zero-order valence-electron chi connectivity index (χ0n) is 11.3. The Balaban J connectivity index is 2.20. The van der Waals surface area contributed by atoms with Gasteiger partial charge >= 0.3 is 5.97 Å². The first-order valence-corrected chi connectivity index (χ1v) is 6.14. The van der Waals surface area contributed by atoms with Crippen LogP contribution in [0.15, 0.2) is 23.3 Å². The minimum Gasteiger partial charge on any atom is -0.481 e. The maximum atomic E-state index is 12.2. The second-order valence-electron chi connectivity index (χ2n) is 4.55. The first-order valence-electron chi connectivity index (χ1n) is 6.14. The molecular weight excluding hydrogens is 260 g/mol. The van der Waals surface area contributed by atoms with Crippen LogP contribution in [0.25, 0.3) is 0 Å². The highest BCUT2D eigenvalue weighted by Gasteiger charge is 2.11. The van der Waals surface area contributed by atoms with Gasteiger partial charge in [0.15, 0.2) is 0 Å². The number of carboxylic acids is 1. The minimum absolute atomic E-state index is 0.281. The van der Waals surface area contributed by atoms with Crippen molar-refractivity contribution in [2.45, 2.75) is 26.8 Å². The van der Waals surface area contributed by atoms with E-state index in [1.54, 1.807) is 25.4 Å². The molecule has 0 aliphatic rings. The molecule has 0 bridgehead atoms. The summed E-state index contributed by atoms with van der Waals surface area (Å²) in [4.78, 5) is 30.1. The fourth-order valence-corrected chi connectivity index (χ4v) is 1.89. The van der Waals surface area contributed by atoms with Crippen molar-refractivity contribution in [1.82, 2.24) is 14.6 Å². The van der Waals surface area contributed by atoms with E-state index in [4.69, 9.17) is 5.11 Å². The average molecular weight is 276 g/mol. The lowest BCUT2D eigenvalue weighted by Crippen LogP contribution is -2.32. The third kappa shape index (κ3) is 3.05. The van der Waals surface area contributed by atoms with Crippen molar-refractivity contribution in [3.8, 4) is 0 Å². The molecule has 2 aromatic heterocycles. The number of aryl methyl sites for hydroxylation is 2. The predicted molar refractivity (Wildman–Crippen MR) is 73.2 cm³/mol. The largest absolute Gasteiger partial charge is 0.481 e. The molecule has 20 heavy (non-hydrogen) atoms. The number of nitrogens with zero attached hydrogens (tertiary/aromatic N) is 2. The van der Waals surface area contributed by atoms with Crippen LogP contribution in [0.5, 0.6) is 0 Å². The minimum atomic E-state index is -1.02. The van der Waals surface area contributed by atoms with Crippen LogP contribution in [-0.2, 0) is 17.8 Å². The number of pyridine rings is 1. The van der Waals surface area contributed by atoms with Gasteiger partial charge < -0.3 is 15.5 Å². The van der Waals surface area contributed by atoms with Crippen molar-refractivity contribution in [3.05, 3.63) is 51.5 Å². The van der Waals surface area contributed by atoms with Crippen molar-refractivity contribution in [2.24, 2.45) is 0 Å². The molecule has 3 N–H and O–H groups in total. The molecule has 2 aromatic rings. The topological polar surface area (TPSA) is 100 Å². The second-order valence-corrected chi connectivity index (χ2v) is 4.55. The number of hydrogen-bond donors (Lipinski definition) is 3. The van der Waals surface area contributed by atoms with E-state index in [0.717, 1.165) is 11.5 Å². The van der Waals surface area contributed by atoms with Crippen LogP contribution in [-0.4, -0.2) is 25.7 Å².